The normalized spacial score (nSPS) is 14.1. The fourth-order valence-electron chi connectivity index (χ4n) is 13.0. The summed E-state index contributed by atoms with van der Waals surface area (Å²) >= 11 is 0. The highest BCUT2D eigenvalue weighted by Crippen LogP contribution is 2.63. The minimum atomic E-state index is -0.482. The Morgan fingerprint density at radius 3 is 1.54 bits per heavy atom. The summed E-state index contributed by atoms with van der Waals surface area (Å²) in [5, 5.41) is 4.56. The molecule has 0 unspecified atom stereocenters. The molecule has 1 heterocycles. The van der Waals surface area contributed by atoms with Crippen molar-refractivity contribution in [3.05, 3.63) is 270 Å². The second kappa shape index (κ2) is 14.4. The summed E-state index contributed by atoms with van der Waals surface area (Å²) in [4.78, 5) is 2.43. The number of anilines is 3. The maximum absolute atomic E-state index is 7.52. The van der Waals surface area contributed by atoms with Crippen molar-refractivity contribution in [3.63, 3.8) is 0 Å². The number of para-hydroxylation sites is 1. The molecular formula is C68H45NO. The Labute approximate surface area is 407 Å². The zero-order chi connectivity index (χ0) is 46.3. The third-order valence-corrected chi connectivity index (χ3v) is 16.1. The molecule has 12 aromatic rings. The number of benzene rings is 11. The molecule has 3 aliphatic rings. The molecule has 11 aromatic carbocycles. The average Bonchev–Trinajstić information content (AvgIpc) is 4.11. The molecule has 1 spiro atoms. The minimum absolute atomic E-state index is 0.137. The van der Waals surface area contributed by atoms with Crippen LogP contribution in [0, 0.1) is 0 Å². The number of furan rings is 1. The van der Waals surface area contributed by atoms with E-state index in [-0.39, 0.29) is 5.41 Å². The van der Waals surface area contributed by atoms with Crippen LogP contribution >= 0.6 is 0 Å². The van der Waals surface area contributed by atoms with E-state index in [0.717, 1.165) is 50.1 Å². The smallest absolute Gasteiger partial charge is 0.159 e. The summed E-state index contributed by atoms with van der Waals surface area (Å²) in [6.07, 6.45) is 0. The van der Waals surface area contributed by atoms with Crippen molar-refractivity contribution in [2.24, 2.45) is 0 Å². The zero-order valence-electron chi connectivity index (χ0n) is 38.9. The number of hydrogen-bond donors (Lipinski definition) is 0. The highest BCUT2D eigenvalue weighted by atomic mass is 16.3. The van der Waals surface area contributed by atoms with Crippen molar-refractivity contribution >= 4 is 49.8 Å². The molecule has 2 heteroatoms. The molecule has 0 fully saturated rings. The van der Waals surface area contributed by atoms with E-state index in [0.29, 0.717) is 0 Å². The van der Waals surface area contributed by atoms with E-state index < -0.39 is 5.41 Å². The second-order valence-corrected chi connectivity index (χ2v) is 19.9. The third kappa shape index (κ3) is 5.23. The predicted molar refractivity (Wildman–Crippen MR) is 291 cm³/mol. The van der Waals surface area contributed by atoms with Gasteiger partial charge in [0.25, 0.3) is 0 Å². The Kier molecular flexibility index (Phi) is 8.08. The molecule has 0 saturated carbocycles. The van der Waals surface area contributed by atoms with E-state index in [9.17, 15) is 0 Å². The van der Waals surface area contributed by atoms with Crippen LogP contribution in [0.5, 0.6) is 0 Å². The van der Waals surface area contributed by atoms with Crippen LogP contribution in [0.15, 0.2) is 241 Å². The van der Waals surface area contributed by atoms with E-state index >= 15 is 0 Å². The largest absolute Gasteiger partial charge is 0.453 e. The average molecular weight is 892 g/mol. The van der Waals surface area contributed by atoms with Crippen LogP contribution in [0.25, 0.3) is 88.3 Å². The van der Waals surface area contributed by atoms with Gasteiger partial charge < -0.3 is 9.32 Å². The number of nitrogens with zero attached hydrogens (tertiary/aromatic N) is 1. The maximum Gasteiger partial charge on any atom is 0.159 e. The quantitative estimate of drug-likeness (QED) is 0.171. The number of rotatable bonds is 5. The van der Waals surface area contributed by atoms with Gasteiger partial charge in [0.1, 0.15) is 5.58 Å². The van der Waals surface area contributed by atoms with Crippen molar-refractivity contribution in [2.75, 3.05) is 4.90 Å². The molecule has 15 rings (SSSR count). The van der Waals surface area contributed by atoms with Gasteiger partial charge in [0.05, 0.1) is 11.1 Å². The van der Waals surface area contributed by atoms with Crippen LogP contribution < -0.4 is 4.90 Å². The standard InChI is InChI=1S/C68H45NO/c1-67(2)57-26-12-8-21-49(57)53-37-33-45(40-61(53)67)64-48-20-7-6-19-44(48)39-56-55-25-16-30-63(65(55)70-66(56)64)69(46-34-31-43(32-35-46)42-17-4-3-5-18-42)47-36-38-54-52-24-11-15-29-60(52)68(62(54)41-47)58-27-13-9-22-50(58)51-23-10-14-28-59(51)68/h3-41H,1-2H3. The molecule has 0 N–H and O–H groups in total. The Balaban J connectivity index is 0.984. The number of fused-ring (bicyclic) bond motifs is 17. The van der Waals surface area contributed by atoms with E-state index in [2.05, 4.69) is 255 Å². The molecule has 0 aliphatic heterocycles. The molecule has 3 aliphatic carbocycles. The lowest BCUT2D eigenvalue weighted by Crippen LogP contribution is -2.26. The van der Waals surface area contributed by atoms with Gasteiger partial charge in [0, 0.05) is 33.1 Å². The molecule has 0 amide bonds. The van der Waals surface area contributed by atoms with Crippen molar-refractivity contribution in [1.82, 2.24) is 0 Å². The summed E-state index contributed by atoms with van der Waals surface area (Å²) < 4.78 is 7.52. The molecule has 328 valence electrons. The Morgan fingerprint density at radius 2 is 0.843 bits per heavy atom. The van der Waals surface area contributed by atoms with Gasteiger partial charge in [-0.25, -0.2) is 0 Å². The second-order valence-electron chi connectivity index (χ2n) is 19.9. The Morgan fingerprint density at radius 1 is 0.329 bits per heavy atom. The van der Waals surface area contributed by atoms with Gasteiger partial charge >= 0.3 is 0 Å². The van der Waals surface area contributed by atoms with Crippen LogP contribution in [-0.4, -0.2) is 0 Å². The topological polar surface area (TPSA) is 16.4 Å². The first-order valence-corrected chi connectivity index (χ1v) is 24.5. The lowest BCUT2D eigenvalue weighted by atomic mass is 9.70. The summed E-state index contributed by atoms with van der Waals surface area (Å²) in [6, 6.07) is 87.8. The van der Waals surface area contributed by atoms with Crippen LogP contribution in [0.1, 0.15) is 47.2 Å². The fourth-order valence-corrected chi connectivity index (χ4v) is 13.0. The van der Waals surface area contributed by atoms with Gasteiger partial charge in [0.2, 0.25) is 0 Å². The first-order valence-electron chi connectivity index (χ1n) is 24.5. The molecule has 1 aromatic heterocycles. The van der Waals surface area contributed by atoms with Gasteiger partial charge in [-0.1, -0.05) is 208 Å². The van der Waals surface area contributed by atoms with Gasteiger partial charge in [0.15, 0.2) is 5.58 Å². The Bertz CT molecular complexity index is 4090. The SMILES string of the molecule is CC1(C)c2ccccc2-c2ccc(-c3c4ccccc4cc4c3oc3c(N(c5ccc(-c6ccccc6)cc5)c5ccc6c(c5)C5(c7ccccc7-c7ccccc75)c5ccccc5-6)cccc34)cc21. The fraction of sp³-hybridized carbons (Fsp3) is 0.0588. The highest BCUT2D eigenvalue weighted by Gasteiger charge is 2.51. The van der Waals surface area contributed by atoms with E-state index in [4.69, 9.17) is 4.42 Å². The zero-order valence-corrected chi connectivity index (χ0v) is 38.9. The molecule has 0 radical (unpaired) electrons. The van der Waals surface area contributed by atoms with Crippen LogP contribution in [-0.2, 0) is 10.8 Å². The predicted octanol–water partition coefficient (Wildman–Crippen LogP) is 18.2. The van der Waals surface area contributed by atoms with Crippen molar-refractivity contribution < 1.29 is 4.42 Å². The Hall–Kier alpha value is -8.72. The number of hydrogen-bond acceptors (Lipinski definition) is 2. The van der Waals surface area contributed by atoms with Crippen molar-refractivity contribution in [2.45, 2.75) is 24.7 Å². The van der Waals surface area contributed by atoms with Gasteiger partial charge in [-0.2, -0.15) is 0 Å². The van der Waals surface area contributed by atoms with Crippen LogP contribution in [0.2, 0.25) is 0 Å². The van der Waals surface area contributed by atoms with E-state index in [1.807, 2.05) is 0 Å². The molecule has 2 nitrogen and oxygen atoms in total. The highest BCUT2D eigenvalue weighted by molar-refractivity contribution is 6.20. The summed E-state index contributed by atoms with van der Waals surface area (Å²) in [5.74, 6) is 0. The summed E-state index contributed by atoms with van der Waals surface area (Å²) in [6.45, 7) is 4.72. The lowest BCUT2D eigenvalue weighted by Gasteiger charge is -2.32. The van der Waals surface area contributed by atoms with Crippen molar-refractivity contribution in [3.8, 4) is 55.6 Å². The summed E-state index contributed by atoms with van der Waals surface area (Å²) in [5.41, 5.74) is 24.7. The molecule has 0 atom stereocenters. The molecule has 70 heavy (non-hydrogen) atoms. The van der Waals surface area contributed by atoms with Crippen LogP contribution in [0.3, 0.4) is 0 Å². The molecule has 0 saturated heterocycles. The van der Waals surface area contributed by atoms with E-state index in [1.54, 1.807) is 0 Å². The van der Waals surface area contributed by atoms with Gasteiger partial charge in [-0.3, -0.25) is 0 Å². The molecule has 0 bridgehead atoms. The third-order valence-electron chi connectivity index (χ3n) is 16.1. The lowest BCUT2D eigenvalue weighted by molar-refractivity contribution is 0.660. The first-order chi connectivity index (χ1) is 34.5. The first kappa shape index (κ1) is 39.3. The van der Waals surface area contributed by atoms with Crippen molar-refractivity contribution in [1.29, 1.82) is 0 Å². The monoisotopic (exact) mass is 891 g/mol. The summed E-state index contributed by atoms with van der Waals surface area (Å²) in [7, 11) is 0. The van der Waals surface area contributed by atoms with Gasteiger partial charge in [-0.05, 0) is 137 Å². The minimum Gasteiger partial charge on any atom is -0.453 e. The molecular weight excluding hydrogens is 847 g/mol. The van der Waals surface area contributed by atoms with Crippen LogP contribution in [0.4, 0.5) is 17.1 Å². The van der Waals surface area contributed by atoms with E-state index in [1.165, 1.54) is 88.7 Å². The van der Waals surface area contributed by atoms with Gasteiger partial charge in [-0.15, -0.1) is 0 Å². The maximum atomic E-state index is 7.52.